The predicted molar refractivity (Wildman–Crippen MR) is 101 cm³/mol. The first-order valence-corrected chi connectivity index (χ1v) is 9.53. The normalized spacial score (nSPS) is 20.9. The van der Waals surface area contributed by atoms with Gasteiger partial charge in [0.15, 0.2) is 0 Å². The zero-order valence-corrected chi connectivity index (χ0v) is 16.4. The summed E-state index contributed by atoms with van der Waals surface area (Å²) in [6.45, 7) is 2.77. The smallest absolute Gasteiger partial charge is 0.326 e. The fourth-order valence-electron chi connectivity index (χ4n) is 3.46. The second-order valence-corrected chi connectivity index (χ2v) is 7.29. The van der Waals surface area contributed by atoms with Crippen LogP contribution >= 0.6 is 0 Å². The predicted octanol–water partition coefficient (Wildman–Crippen LogP) is 1.33. The van der Waals surface area contributed by atoms with Gasteiger partial charge >= 0.3 is 12.0 Å². The van der Waals surface area contributed by atoms with Crippen molar-refractivity contribution in [3.8, 4) is 0 Å². The van der Waals surface area contributed by atoms with Crippen molar-refractivity contribution in [2.45, 2.75) is 38.6 Å². The Morgan fingerprint density at radius 1 is 1.07 bits per heavy atom. The minimum atomic E-state index is -1.02. The molecule has 1 N–H and O–H groups in total. The Labute approximate surface area is 168 Å². The number of hydrogen-bond acceptors (Lipinski definition) is 6. The first kappa shape index (κ1) is 20.5. The van der Waals surface area contributed by atoms with E-state index in [1.807, 2.05) is 6.92 Å². The third-order valence-electron chi connectivity index (χ3n) is 5.12. The number of carbonyl (C=O) groups is 5. The van der Waals surface area contributed by atoms with Crippen LogP contribution in [-0.4, -0.2) is 64.8 Å². The summed E-state index contributed by atoms with van der Waals surface area (Å²) in [6, 6.07) is 5.83. The summed E-state index contributed by atoms with van der Waals surface area (Å²) in [5, 5.41) is 2.62. The van der Waals surface area contributed by atoms with Gasteiger partial charge in [0.1, 0.15) is 18.7 Å². The van der Waals surface area contributed by atoms with Crippen LogP contribution in [0.1, 0.15) is 53.8 Å². The second kappa shape index (κ2) is 8.02. The number of amides is 5. The lowest BCUT2D eigenvalue weighted by molar-refractivity contribution is -0.147. The molecule has 1 aromatic rings. The average molecular weight is 401 g/mol. The molecule has 2 heterocycles. The Kier molecular flexibility index (Phi) is 5.67. The number of benzene rings is 1. The number of esters is 1. The molecule has 2 aliphatic rings. The molecule has 0 aromatic heterocycles. The van der Waals surface area contributed by atoms with Gasteiger partial charge in [-0.3, -0.25) is 29.0 Å². The molecule has 1 aromatic carbocycles. The lowest BCUT2D eigenvalue weighted by Crippen LogP contribution is -2.44. The number of unbranched alkanes of at least 4 members (excludes halogenated alkanes) is 1. The summed E-state index contributed by atoms with van der Waals surface area (Å²) in [4.78, 5) is 63.0. The van der Waals surface area contributed by atoms with Crippen LogP contribution < -0.4 is 5.32 Å². The molecule has 1 saturated heterocycles. The van der Waals surface area contributed by atoms with Crippen LogP contribution in [0.5, 0.6) is 0 Å². The highest BCUT2D eigenvalue weighted by Gasteiger charge is 2.47. The molecule has 9 nitrogen and oxygen atoms in total. The van der Waals surface area contributed by atoms with E-state index in [1.54, 1.807) is 31.2 Å². The number of hydrogen-bond donors (Lipinski definition) is 1. The van der Waals surface area contributed by atoms with Gasteiger partial charge in [0, 0.05) is 0 Å². The molecule has 0 bridgehead atoms. The first-order chi connectivity index (χ1) is 13.8. The molecule has 0 unspecified atom stereocenters. The number of nitrogens with zero attached hydrogens (tertiary/aromatic N) is 2. The lowest BCUT2D eigenvalue weighted by Gasteiger charge is -2.21. The molecule has 154 valence electrons. The molecule has 9 heteroatoms. The number of ether oxygens (including phenoxy) is 1. The van der Waals surface area contributed by atoms with Gasteiger partial charge in [-0.15, -0.1) is 0 Å². The highest BCUT2D eigenvalue weighted by Crippen LogP contribution is 2.24. The van der Waals surface area contributed by atoms with E-state index in [0.29, 0.717) is 17.5 Å². The summed E-state index contributed by atoms with van der Waals surface area (Å²) in [7, 11) is 0. The molecule has 0 aliphatic carbocycles. The van der Waals surface area contributed by atoms with E-state index in [9.17, 15) is 24.0 Å². The highest BCUT2D eigenvalue weighted by molar-refractivity contribution is 6.21. The third-order valence-corrected chi connectivity index (χ3v) is 5.12. The van der Waals surface area contributed by atoms with E-state index in [-0.39, 0.29) is 13.2 Å². The Morgan fingerprint density at radius 2 is 1.69 bits per heavy atom. The Morgan fingerprint density at radius 3 is 2.28 bits per heavy atom. The topological polar surface area (TPSA) is 113 Å². The van der Waals surface area contributed by atoms with Crippen LogP contribution in [0, 0.1) is 0 Å². The maximum atomic E-state index is 12.5. The minimum absolute atomic E-state index is 0.105. The van der Waals surface area contributed by atoms with Gasteiger partial charge < -0.3 is 10.1 Å². The number of rotatable bonds is 8. The zero-order valence-electron chi connectivity index (χ0n) is 16.4. The van der Waals surface area contributed by atoms with Gasteiger partial charge in [-0.25, -0.2) is 4.79 Å². The fraction of sp³-hybridized carbons (Fsp3) is 0.450. The highest BCUT2D eigenvalue weighted by atomic mass is 16.5. The van der Waals surface area contributed by atoms with Crippen LogP contribution in [0.2, 0.25) is 0 Å². The summed E-state index contributed by atoms with van der Waals surface area (Å²) >= 11 is 0. The number of fused-ring (bicyclic) bond motifs is 1. The fourth-order valence-corrected chi connectivity index (χ4v) is 3.46. The van der Waals surface area contributed by atoms with Crippen molar-refractivity contribution in [2.24, 2.45) is 0 Å². The number of carbonyl (C=O) groups excluding carboxylic acids is 5. The van der Waals surface area contributed by atoms with E-state index in [0.717, 1.165) is 22.6 Å². The van der Waals surface area contributed by atoms with Gasteiger partial charge in [0.25, 0.3) is 17.7 Å². The molecule has 2 aliphatic heterocycles. The van der Waals surface area contributed by atoms with E-state index >= 15 is 0 Å². The van der Waals surface area contributed by atoms with E-state index < -0.39 is 41.8 Å². The van der Waals surface area contributed by atoms with Crippen molar-refractivity contribution >= 4 is 29.7 Å². The number of nitrogens with one attached hydrogen (secondary N) is 1. The Hall–Kier alpha value is -3.23. The number of imide groups is 2. The van der Waals surface area contributed by atoms with Gasteiger partial charge in [-0.2, -0.15) is 0 Å². The average Bonchev–Trinajstić information content (AvgIpc) is 3.06. The maximum absolute atomic E-state index is 12.5. The van der Waals surface area contributed by atoms with E-state index in [1.165, 1.54) is 0 Å². The zero-order chi connectivity index (χ0) is 21.2. The molecule has 0 spiro atoms. The summed E-state index contributed by atoms with van der Waals surface area (Å²) in [5.41, 5.74) is -0.392. The summed E-state index contributed by atoms with van der Waals surface area (Å²) in [5.74, 6) is -2.14. The van der Waals surface area contributed by atoms with Gasteiger partial charge in [-0.05, 0) is 25.5 Å². The van der Waals surface area contributed by atoms with Crippen LogP contribution in [0.15, 0.2) is 24.3 Å². The van der Waals surface area contributed by atoms with Crippen LogP contribution in [0.3, 0.4) is 0 Å². The molecular formula is C20H23N3O6. The van der Waals surface area contributed by atoms with E-state index in [4.69, 9.17) is 4.74 Å². The monoisotopic (exact) mass is 401 g/mol. The molecule has 0 radical (unpaired) electrons. The third kappa shape index (κ3) is 3.85. The largest absolute Gasteiger partial charge is 0.462 e. The SMILES string of the molecule is CCCC[C@]1(C)NC(=O)N(CC(=O)OCCN2C(=O)c3ccccc3C2=O)C1=O. The maximum Gasteiger partial charge on any atom is 0.326 e. The summed E-state index contributed by atoms with van der Waals surface area (Å²) in [6.07, 6.45) is 2.12. The van der Waals surface area contributed by atoms with Crippen LogP contribution in [0.4, 0.5) is 4.79 Å². The van der Waals surface area contributed by atoms with Crippen molar-refractivity contribution < 1.29 is 28.7 Å². The summed E-state index contributed by atoms with van der Waals surface area (Å²) < 4.78 is 5.05. The second-order valence-electron chi connectivity index (χ2n) is 7.29. The van der Waals surface area contributed by atoms with Crippen molar-refractivity contribution in [3.63, 3.8) is 0 Å². The molecule has 0 saturated carbocycles. The lowest BCUT2D eigenvalue weighted by atomic mass is 9.95. The van der Waals surface area contributed by atoms with Crippen molar-refractivity contribution in [1.29, 1.82) is 0 Å². The quantitative estimate of drug-likeness (QED) is 0.399. The molecule has 1 fully saturated rings. The van der Waals surface area contributed by atoms with Crippen molar-refractivity contribution in [1.82, 2.24) is 15.1 Å². The Bertz CT molecular complexity index is 848. The molecular weight excluding hydrogens is 378 g/mol. The molecule has 1 atom stereocenters. The molecule has 3 rings (SSSR count). The van der Waals surface area contributed by atoms with Gasteiger partial charge in [0.05, 0.1) is 17.7 Å². The molecule has 5 amide bonds. The van der Waals surface area contributed by atoms with Gasteiger partial charge in [-0.1, -0.05) is 31.9 Å². The Balaban J connectivity index is 1.51. The van der Waals surface area contributed by atoms with Crippen LogP contribution in [-0.2, 0) is 14.3 Å². The first-order valence-electron chi connectivity index (χ1n) is 9.53. The van der Waals surface area contributed by atoms with E-state index in [2.05, 4.69) is 5.32 Å². The van der Waals surface area contributed by atoms with Gasteiger partial charge in [0.2, 0.25) is 0 Å². The minimum Gasteiger partial charge on any atom is -0.462 e. The van der Waals surface area contributed by atoms with Crippen LogP contribution in [0.25, 0.3) is 0 Å². The standard InChI is InChI=1S/C20H23N3O6/c1-3-4-9-20(2)18(27)23(19(28)21-20)12-15(24)29-11-10-22-16(25)13-7-5-6-8-14(13)17(22)26/h5-8H,3-4,9-12H2,1-2H3,(H,21,28)/t20-/m0/s1. The number of urea groups is 1. The molecule has 29 heavy (non-hydrogen) atoms. The van der Waals surface area contributed by atoms with Crippen molar-refractivity contribution in [2.75, 3.05) is 19.7 Å². The van der Waals surface area contributed by atoms with Crippen molar-refractivity contribution in [3.05, 3.63) is 35.4 Å².